The number of carbonyl (C=O) groups excluding carboxylic acids is 1. The highest BCUT2D eigenvalue weighted by Gasteiger charge is 2.47. The second kappa shape index (κ2) is 8.55. The number of nitrogens with one attached hydrogen (secondary N) is 1. The Morgan fingerprint density at radius 1 is 1.26 bits per heavy atom. The third kappa shape index (κ3) is 4.80. The molecule has 0 aromatic heterocycles. The van der Waals surface area contributed by atoms with E-state index >= 15 is 0 Å². The summed E-state index contributed by atoms with van der Waals surface area (Å²) in [5.74, 6) is -0.763. The first-order chi connectivity index (χ1) is 14.6. The zero-order chi connectivity index (χ0) is 22.3. The molecular weight excluding hydrogens is 505 g/mol. The number of aryl methyl sites for hydroxylation is 2. The van der Waals surface area contributed by atoms with Crippen molar-refractivity contribution in [2.45, 2.75) is 25.9 Å². The topological polar surface area (TPSA) is 78.8 Å². The predicted octanol–water partition coefficient (Wildman–Crippen LogP) is 3.92. The Balaban J connectivity index is 1.53. The smallest absolute Gasteiger partial charge is 0.234 e. The van der Waals surface area contributed by atoms with Crippen molar-refractivity contribution >= 4 is 60.0 Å². The van der Waals surface area contributed by atoms with E-state index in [1.807, 2.05) is 32.0 Å². The SMILES string of the molecule is Cc1ccc(NC(=O)CSC2=N[C@H]3CS(=O)(=O)C[C@@H]3N2c2ccc(Br)cc2F)c(C)c1. The Kier molecular flexibility index (Phi) is 6.15. The Morgan fingerprint density at radius 2 is 2.03 bits per heavy atom. The van der Waals surface area contributed by atoms with Crippen molar-refractivity contribution in [1.82, 2.24) is 0 Å². The number of anilines is 2. The maximum Gasteiger partial charge on any atom is 0.234 e. The van der Waals surface area contributed by atoms with Crippen LogP contribution in [0.2, 0.25) is 0 Å². The Hall–Kier alpha value is -1.91. The highest BCUT2D eigenvalue weighted by molar-refractivity contribution is 9.10. The van der Waals surface area contributed by atoms with Crippen molar-refractivity contribution < 1.29 is 17.6 Å². The van der Waals surface area contributed by atoms with E-state index in [0.717, 1.165) is 16.8 Å². The van der Waals surface area contributed by atoms with Crippen LogP contribution in [-0.4, -0.2) is 48.8 Å². The van der Waals surface area contributed by atoms with Crippen LogP contribution in [0.25, 0.3) is 0 Å². The summed E-state index contributed by atoms with van der Waals surface area (Å²) in [6, 6.07) is 9.48. The first-order valence-electron chi connectivity index (χ1n) is 9.65. The van der Waals surface area contributed by atoms with Gasteiger partial charge in [-0.3, -0.25) is 9.79 Å². The average molecular weight is 526 g/mol. The van der Waals surface area contributed by atoms with E-state index in [9.17, 15) is 17.6 Å². The Morgan fingerprint density at radius 3 is 2.74 bits per heavy atom. The number of sulfone groups is 1. The summed E-state index contributed by atoms with van der Waals surface area (Å²) in [6.45, 7) is 3.91. The molecule has 164 valence electrons. The van der Waals surface area contributed by atoms with Gasteiger partial charge >= 0.3 is 0 Å². The van der Waals surface area contributed by atoms with Crippen LogP contribution in [0.15, 0.2) is 45.9 Å². The highest BCUT2D eigenvalue weighted by Crippen LogP contribution is 2.37. The number of amidine groups is 1. The summed E-state index contributed by atoms with van der Waals surface area (Å²) in [7, 11) is -3.24. The van der Waals surface area contributed by atoms with Crippen LogP contribution < -0.4 is 10.2 Å². The number of halogens is 2. The number of hydrogen-bond donors (Lipinski definition) is 1. The number of nitrogens with zero attached hydrogens (tertiary/aromatic N) is 2. The van der Waals surface area contributed by atoms with Gasteiger partial charge in [0.05, 0.1) is 35.0 Å². The van der Waals surface area contributed by atoms with Crippen LogP contribution in [0.1, 0.15) is 11.1 Å². The maximum absolute atomic E-state index is 14.7. The predicted molar refractivity (Wildman–Crippen MR) is 127 cm³/mol. The van der Waals surface area contributed by atoms with Gasteiger partial charge in [0.1, 0.15) is 5.82 Å². The lowest BCUT2D eigenvalue weighted by Gasteiger charge is -2.26. The molecule has 0 saturated carbocycles. The van der Waals surface area contributed by atoms with E-state index in [1.165, 1.54) is 17.8 Å². The number of benzene rings is 2. The second-order valence-electron chi connectivity index (χ2n) is 7.74. The molecule has 0 spiro atoms. The third-order valence-electron chi connectivity index (χ3n) is 5.27. The molecule has 2 aliphatic heterocycles. The Labute approximate surface area is 193 Å². The van der Waals surface area contributed by atoms with Crippen LogP contribution in [0.4, 0.5) is 15.8 Å². The van der Waals surface area contributed by atoms with E-state index in [-0.39, 0.29) is 28.9 Å². The van der Waals surface area contributed by atoms with Gasteiger partial charge < -0.3 is 10.2 Å². The lowest BCUT2D eigenvalue weighted by molar-refractivity contribution is -0.113. The van der Waals surface area contributed by atoms with Crippen molar-refractivity contribution in [1.29, 1.82) is 0 Å². The molecule has 1 saturated heterocycles. The molecule has 2 aliphatic rings. The number of aliphatic imine (C=N–C) groups is 1. The minimum absolute atomic E-state index is 0.0644. The van der Waals surface area contributed by atoms with E-state index in [2.05, 4.69) is 26.2 Å². The van der Waals surface area contributed by atoms with Gasteiger partial charge in [-0.05, 0) is 43.7 Å². The molecular formula is C21H21BrFN3O3S2. The number of carbonyl (C=O) groups is 1. The van der Waals surface area contributed by atoms with Crippen molar-refractivity contribution in [3.63, 3.8) is 0 Å². The number of rotatable bonds is 4. The molecule has 0 aliphatic carbocycles. The molecule has 4 rings (SSSR count). The second-order valence-corrected chi connectivity index (χ2v) is 11.8. The summed E-state index contributed by atoms with van der Waals surface area (Å²) in [5.41, 5.74) is 3.07. The van der Waals surface area contributed by atoms with E-state index in [0.29, 0.717) is 9.64 Å². The van der Waals surface area contributed by atoms with Crippen molar-refractivity contribution in [3.8, 4) is 0 Å². The molecule has 10 heteroatoms. The average Bonchev–Trinajstić information content (AvgIpc) is 3.14. The third-order valence-corrected chi connectivity index (χ3v) is 8.42. The van der Waals surface area contributed by atoms with Gasteiger partial charge in [-0.25, -0.2) is 12.8 Å². The summed E-state index contributed by atoms with van der Waals surface area (Å²) >= 11 is 4.43. The van der Waals surface area contributed by atoms with Gasteiger partial charge in [-0.15, -0.1) is 0 Å². The maximum atomic E-state index is 14.7. The number of amides is 1. The van der Waals surface area contributed by atoms with Gasteiger partial charge in [0, 0.05) is 10.2 Å². The van der Waals surface area contributed by atoms with Crippen molar-refractivity contribution in [2.75, 3.05) is 27.5 Å². The largest absolute Gasteiger partial charge is 0.325 e. The number of fused-ring (bicyclic) bond motifs is 1. The molecule has 0 unspecified atom stereocenters. The van der Waals surface area contributed by atoms with Gasteiger partial charge in [0.15, 0.2) is 15.0 Å². The van der Waals surface area contributed by atoms with Crippen LogP contribution in [-0.2, 0) is 14.6 Å². The standard InChI is InChI=1S/C21H21BrFN3O3S2/c1-12-3-5-16(13(2)7-12)24-20(27)9-30-21-25-17-10-31(28,29)11-19(17)26(21)18-6-4-14(22)8-15(18)23/h3-8,17,19H,9-11H2,1-2H3,(H,24,27)/t17-,19-/m0/s1. The Bertz CT molecular complexity index is 1190. The molecule has 2 atom stereocenters. The zero-order valence-corrected chi connectivity index (χ0v) is 20.2. The van der Waals surface area contributed by atoms with Crippen molar-refractivity contribution in [2.24, 2.45) is 4.99 Å². The first-order valence-corrected chi connectivity index (χ1v) is 13.3. The van der Waals surface area contributed by atoms with E-state index < -0.39 is 27.7 Å². The summed E-state index contributed by atoms with van der Waals surface area (Å²) in [5, 5.41) is 3.35. The molecule has 2 aromatic rings. The number of thioether (sulfide) groups is 1. The molecule has 2 aromatic carbocycles. The summed E-state index contributed by atoms with van der Waals surface area (Å²) in [4.78, 5) is 18.7. The fraction of sp³-hybridized carbons (Fsp3) is 0.333. The number of hydrogen-bond acceptors (Lipinski definition) is 6. The zero-order valence-electron chi connectivity index (χ0n) is 16.9. The lowest BCUT2D eigenvalue weighted by Crippen LogP contribution is -2.40. The van der Waals surface area contributed by atoms with Crippen LogP contribution in [0.5, 0.6) is 0 Å². The molecule has 0 radical (unpaired) electrons. The molecule has 1 fully saturated rings. The molecule has 2 heterocycles. The van der Waals surface area contributed by atoms with E-state index in [1.54, 1.807) is 17.0 Å². The summed E-state index contributed by atoms with van der Waals surface area (Å²) in [6.07, 6.45) is 0. The molecule has 1 N–H and O–H groups in total. The molecule has 0 bridgehead atoms. The fourth-order valence-electron chi connectivity index (χ4n) is 3.86. The highest BCUT2D eigenvalue weighted by atomic mass is 79.9. The fourth-order valence-corrected chi connectivity index (χ4v) is 6.95. The van der Waals surface area contributed by atoms with Crippen LogP contribution >= 0.6 is 27.7 Å². The minimum atomic E-state index is -3.24. The van der Waals surface area contributed by atoms with Gasteiger partial charge in [0.2, 0.25) is 5.91 Å². The van der Waals surface area contributed by atoms with Crippen molar-refractivity contribution in [3.05, 3.63) is 57.8 Å². The minimum Gasteiger partial charge on any atom is -0.325 e. The monoisotopic (exact) mass is 525 g/mol. The van der Waals surface area contributed by atoms with Gasteiger partial charge in [-0.2, -0.15) is 0 Å². The van der Waals surface area contributed by atoms with Gasteiger partial charge in [0.25, 0.3) is 0 Å². The first kappa shape index (κ1) is 22.3. The van der Waals surface area contributed by atoms with E-state index in [4.69, 9.17) is 0 Å². The quantitative estimate of drug-likeness (QED) is 0.654. The summed E-state index contributed by atoms with van der Waals surface area (Å²) < 4.78 is 39.6. The van der Waals surface area contributed by atoms with Crippen LogP contribution in [0.3, 0.4) is 0 Å². The molecule has 1 amide bonds. The normalized spacial score (nSPS) is 21.7. The molecule has 31 heavy (non-hydrogen) atoms. The van der Waals surface area contributed by atoms with Gasteiger partial charge in [-0.1, -0.05) is 45.4 Å². The van der Waals surface area contributed by atoms with Crippen LogP contribution in [0, 0.1) is 19.7 Å². The molecule has 6 nitrogen and oxygen atoms in total. The lowest BCUT2D eigenvalue weighted by atomic mass is 10.1.